The molecule has 3 N–H and O–H groups in total. The van der Waals surface area contributed by atoms with Gasteiger partial charge in [-0.1, -0.05) is 6.07 Å². The number of hydrogen-bond donors (Lipinski definition) is 3. The third-order valence-corrected chi connectivity index (χ3v) is 4.02. The Morgan fingerprint density at radius 1 is 1.38 bits per heavy atom. The lowest BCUT2D eigenvalue weighted by Crippen LogP contribution is -2.39. The normalized spacial score (nSPS) is 13.6. The lowest BCUT2D eigenvalue weighted by atomic mass is 9.95. The van der Waals surface area contributed by atoms with Crippen LogP contribution in [-0.4, -0.2) is 27.8 Å². The number of nitrogens with zero attached hydrogens (tertiary/aromatic N) is 1. The highest BCUT2D eigenvalue weighted by Gasteiger charge is 2.27. The van der Waals surface area contributed by atoms with E-state index in [1.807, 2.05) is 13.8 Å². The van der Waals surface area contributed by atoms with Gasteiger partial charge in [-0.15, -0.1) is 0 Å². The van der Waals surface area contributed by atoms with Gasteiger partial charge >= 0.3 is 0 Å². The molecule has 1 amide bonds. The first-order chi connectivity index (χ1) is 11.2. The van der Waals surface area contributed by atoms with Crippen molar-refractivity contribution in [1.82, 2.24) is 15.5 Å². The molecule has 2 aromatic rings. The van der Waals surface area contributed by atoms with E-state index >= 15 is 0 Å². The van der Waals surface area contributed by atoms with Gasteiger partial charge in [-0.05, 0) is 38.8 Å². The highest BCUT2D eigenvalue weighted by atomic mass is 19.1. The number of H-pyrrole nitrogens is 1. The Morgan fingerprint density at radius 3 is 2.67 bits per heavy atom. The maximum Gasteiger partial charge on any atom is 0.220 e. The molecule has 0 aliphatic carbocycles. The van der Waals surface area contributed by atoms with Crippen LogP contribution in [0, 0.1) is 25.5 Å². The molecular formula is C17H21F2N3O2. The molecule has 130 valence electrons. The van der Waals surface area contributed by atoms with Crippen molar-refractivity contribution in [3.05, 3.63) is 52.3 Å². The second kappa shape index (κ2) is 7.09. The number of aromatic amines is 1. The first-order valence-corrected chi connectivity index (χ1v) is 7.66. The summed E-state index contributed by atoms with van der Waals surface area (Å²) in [6.07, 6.45) is 0.746. The summed E-state index contributed by atoms with van der Waals surface area (Å²) in [5.74, 6) is -1.83. The highest BCUT2D eigenvalue weighted by Crippen LogP contribution is 2.23. The van der Waals surface area contributed by atoms with Crippen molar-refractivity contribution in [2.45, 2.75) is 39.2 Å². The Labute approximate surface area is 139 Å². The lowest BCUT2D eigenvalue weighted by Gasteiger charge is -2.24. The van der Waals surface area contributed by atoms with Crippen LogP contribution < -0.4 is 5.32 Å². The largest absolute Gasteiger partial charge is 0.383 e. The number of rotatable bonds is 6. The average Bonchev–Trinajstić information content (AvgIpc) is 2.81. The molecule has 0 aliphatic rings. The molecule has 0 fully saturated rings. The van der Waals surface area contributed by atoms with Gasteiger partial charge in [-0.2, -0.15) is 5.10 Å². The van der Waals surface area contributed by atoms with E-state index in [-0.39, 0.29) is 24.4 Å². The number of carbonyl (C=O) groups is 1. The number of halogens is 2. The topological polar surface area (TPSA) is 78.0 Å². The van der Waals surface area contributed by atoms with E-state index in [0.717, 1.165) is 23.0 Å². The van der Waals surface area contributed by atoms with Gasteiger partial charge in [0.2, 0.25) is 5.91 Å². The van der Waals surface area contributed by atoms with Gasteiger partial charge in [0.1, 0.15) is 17.2 Å². The molecule has 0 aliphatic heterocycles. The van der Waals surface area contributed by atoms with Crippen LogP contribution in [0.4, 0.5) is 8.78 Å². The van der Waals surface area contributed by atoms with Crippen LogP contribution in [-0.2, 0) is 16.8 Å². The molecule has 0 bridgehead atoms. The van der Waals surface area contributed by atoms with E-state index in [2.05, 4.69) is 15.5 Å². The molecule has 1 aromatic heterocycles. The molecule has 7 heteroatoms. The molecule has 0 radical (unpaired) electrons. The molecule has 1 heterocycles. The molecule has 0 saturated carbocycles. The number of aromatic nitrogens is 2. The number of aryl methyl sites for hydroxylation is 2. The molecule has 5 nitrogen and oxygen atoms in total. The molecule has 1 atom stereocenters. The summed E-state index contributed by atoms with van der Waals surface area (Å²) in [5, 5.41) is 19.9. The van der Waals surface area contributed by atoms with Crippen molar-refractivity contribution in [2.24, 2.45) is 0 Å². The first-order valence-electron chi connectivity index (χ1n) is 7.66. The van der Waals surface area contributed by atoms with Crippen molar-refractivity contribution in [2.75, 3.05) is 6.54 Å². The number of hydrogen-bond acceptors (Lipinski definition) is 3. The molecule has 0 saturated heterocycles. The monoisotopic (exact) mass is 337 g/mol. The van der Waals surface area contributed by atoms with E-state index in [1.54, 1.807) is 0 Å². The number of nitrogens with one attached hydrogen (secondary N) is 2. The fourth-order valence-corrected chi connectivity index (χ4v) is 2.56. The number of amides is 1. The van der Waals surface area contributed by atoms with Crippen molar-refractivity contribution in [3.8, 4) is 0 Å². The van der Waals surface area contributed by atoms with E-state index in [1.165, 1.54) is 13.0 Å². The predicted octanol–water partition coefficient (Wildman–Crippen LogP) is 2.26. The van der Waals surface area contributed by atoms with Crippen LogP contribution in [0.25, 0.3) is 0 Å². The van der Waals surface area contributed by atoms with Crippen molar-refractivity contribution >= 4 is 5.91 Å². The maximum atomic E-state index is 13.8. The Morgan fingerprint density at radius 2 is 2.08 bits per heavy atom. The number of aliphatic hydroxyl groups is 1. The summed E-state index contributed by atoms with van der Waals surface area (Å²) in [4.78, 5) is 12.0. The number of benzene rings is 1. The van der Waals surface area contributed by atoms with Crippen LogP contribution in [0.5, 0.6) is 0 Å². The van der Waals surface area contributed by atoms with E-state index in [4.69, 9.17) is 0 Å². The molecule has 1 aromatic carbocycles. The van der Waals surface area contributed by atoms with Gasteiger partial charge < -0.3 is 10.4 Å². The Bertz CT molecular complexity index is 722. The van der Waals surface area contributed by atoms with E-state index in [0.29, 0.717) is 12.5 Å². The summed E-state index contributed by atoms with van der Waals surface area (Å²) in [6.45, 7) is 4.94. The highest BCUT2D eigenvalue weighted by molar-refractivity contribution is 5.76. The van der Waals surface area contributed by atoms with Gasteiger partial charge in [0, 0.05) is 23.7 Å². The van der Waals surface area contributed by atoms with Crippen LogP contribution in [0.2, 0.25) is 0 Å². The lowest BCUT2D eigenvalue weighted by molar-refractivity contribution is -0.122. The molecule has 24 heavy (non-hydrogen) atoms. The predicted molar refractivity (Wildman–Crippen MR) is 85.3 cm³/mol. The minimum absolute atomic E-state index is 0.0641. The summed E-state index contributed by atoms with van der Waals surface area (Å²) < 4.78 is 26.7. The maximum absolute atomic E-state index is 13.8. The van der Waals surface area contributed by atoms with Crippen LogP contribution >= 0.6 is 0 Å². The second-order valence-corrected chi connectivity index (χ2v) is 6.09. The van der Waals surface area contributed by atoms with Gasteiger partial charge in [-0.3, -0.25) is 9.89 Å². The minimum Gasteiger partial charge on any atom is -0.383 e. The zero-order valence-electron chi connectivity index (χ0n) is 13.9. The third kappa shape index (κ3) is 4.17. The quantitative estimate of drug-likeness (QED) is 0.757. The Balaban J connectivity index is 1.93. The van der Waals surface area contributed by atoms with Gasteiger partial charge in [-0.25, -0.2) is 8.78 Å². The van der Waals surface area contributed by atoms with Crippen molar-refractivity contribution < 1.29 is 18.7 Å². The summed E-state index contributed by atoms with van der Waals surface area (Å²) in [5.41, 5.74) is 1.06. The van der Waals surface area contributed by atoms with E-state index < -0.39 is 17.2 Å². The molecule has 0 spiro atoms. The van der Waals surface area contributed by atoms with Crippen molar-refractivity contribution in [3.63, 3.8) is 0 Å². The smallest absolute Gasteiger partial charge is 0.220 e. The Kier molecular flexibility index (Phi) is 5.33. The zero-order chi connectivity index (χ0) is 17.9. The fraction of sp³-hybridized carbons (Fsp3) is 0.412. The first kappa shape index (κ1) is 18.1. The van der Waals surface area contributed by atoms with Crippen LogP contribution in [0.1, 0.15) is 35.9 Å². The Hall–Kier alpha value is -2.28. The van der Waals surface area contributed by atoms with Gasteiger partial charge in [0.05, 0.1) is 12.2 Å². The van der Waals surface area contributed by atoms with Crippen molar-refractivity contribution in [1.29, 1.82) is 0 Å². The SMILES string of the molecule is Cc1n[nH]c(C)c1CCC(=O)NCC(C)(O)c1ccc(F)cc1F. The van der Waals surface area contributed by atoms with E-state index in [9.17, 15) is 18.7 Å². The summed E-state index contributed by atoms with van der Waals surface area (Å²) >= 11 is 0. The molecule has 1 unspecified atom stereocenters. The summed E-state index contributed by atoms with van der Waals surface area (Å²) in [7, 11) is 0. The third-order valence-electron chi connectivity index (χ3n) is 4.02. The second-order valence-electron chi connectivity index (χ2n) is 6.09. The van der Waals surface area contributed by atoms with Gasteiger partial charge in [0.15, 0.2) is 0 Å². The van der Waals surface area contributed by atoms with Crippen LogP contribution in [0.15, 0.2) is 18.2 Å². The van der Waals surface area contributed by atoms with Crippen LogP contribution in [0.3, 0.4) is 0 Å². The minimum atomic E-state index is -1.63. The van der Waals surface area contributed by atoms with Gasteiger partial charge in [0.25, 0.3) is 0 Å². The summed E-state index contributed by atoms with van der Waals surface area (Å²) in [6, 6.07) is 2.95. The average molecular weight is 337 g/mol. The fourth-order valence-electron chi connectivity index (χ4n) is 2.56. The number of carbonyl (C=O) groups excluding carboxylic acids is 1. The molecular weight excluding hydrogens is 316 g/mol. The standard InChI is InChI=1S/C17H21F2N3O2/c1-10-13(11(2)22-21-10)5-7-16(23)20-9-17(3,24)14-6-4-12(18)8-15(14)19/h4,6,8,24H,5,7,9H2,1-3H3,(H,20,23)(H,21,22). The zero-order valence-corrected chi connectivity index (χ0v) is 13.9. The molecule has 2 rings (SSSR count).